The molecular weight excluding hydrogens is 342 g/mol. The standard InChI is InChI=1S/C26H25NO/c1-18-8-5-12-21(16-18)26(28,22-13-6-9-19(2)17-22)25(27)24-15-7-11-20-10-3-4-14-23(20)24/h3-17,25,28H,27H2,1-2H3/t25-/m1/s1. The van der Waals surface area contributed by atoms with Crippen LogP contribution in [0.15, 0.2) is 91.0 Å². The lowest BCUT2D eigenvalue weighted by Gasteiger charge is -2.36. The Balaban J connectivity index is 1.97. The molecule has 2 heteroatoms. The fourth-order valence-corrected chi connectivity index (χ4v) is 4.04. The first-order valence-electron chi connectivity index (χ1n) is 9.60. The van der Waals surface area contributed by atoms with E-state index in [1.807, 2.05) is 86.6 Å². The van der Waals surface area contributed by atoms with Crippen LogP contribution in [0.2, 0.25) is 0 Å². The zero-order chi connectivity index (χ0) is 19.7. The van der Waals surface area contributed by atoms with Crippen molar-refractivity contribution < 1.29 is 5.11 Å². The Labute approximate surface area is 166 Å². The first-order valence-corrected chi connectivity index (χ1v) is 9.60. The summed E-state index contributed by atoms with van der Waals surface area (Å²) in [6, 6.07) is 29.6. The topological polar surface area (TPSA) is 46.2 Å². The molecule has 4 rings (SSSR count). The van der Waals surface area contributed by atoms with E-state index in [1.54, 1.807) is 0 Å². The highest BCUT2D eigenvalue weighted by Crippen LogP contribution is 2.42. The summed E-state index contributed by atoms with van der Waals surface area (Å²) in [4.78, 5) is 0. The molecule has 0 saturated carbocycles. The highest BCUT2D eigenvalue weighted by Gasteiger charge is 2.40. The maximum Gasteiger partial charge on any atom is 0.134 e. The molecule has 0 aromatic heterocycles. The fourth-order valence-electron chi connectivity index (χ4n) is 4.04. The quantitative estimate of drug-likeness (QED) is 0.508. The van der Waals surface area contributed by atoms with Gasteiger partial charge in [-0.05, 0) is 41.3 Å². The Kier molecular flexibility index (Phi) is 4.76. The largest absolute Gasteiger partial charge is 0.378 e. The summed E-state index contributed by atoms with van der Waals surface area (Å²) in [5, 5.41) is 14.3. The summed E-state index contributed by atoms with van der Waals surface area (Å²) in [5.74, 6) is 0. The van der Waals surface area contributed by atoms with Crippen LogP contribution in [0.1, 0.15) is 33.9 Å². The van der Waals surface area contributed by atoms with Crippen molar-refractivity contribution >= 4 is 10.8 Å². The Morgan fingerprint density at radius 3 is 1.86 bits per heavy atom. The van der Waals surface area contributed by atoms with E-state index in [0.717, 1.165) is 38.6 Å². The molecule has 4 aromatic carbocycles. The van der Waals surface area contributed by atoms with Crippen LogP contribution in [-0.2, 0) is 5.60 Å². The molecule has 0 radical (unpaired) electrons. The third kappa shape index (κ3) is 3.11. The lowest BCUT2D eigenvalue weighted by atomic mass is 9.76. The molecule has 0 amide bonds. The molecule has 2 nitrogen and oxygen atoms in total. The second-order valence-electron chi connectivity index (χ2n) is 7.55. The number of nitrogens with two attached hydrogens (primary N) is 1. The zero-order valence-electron chi connectivity index (χ0n) is 16.3. The molecule has 0 heterocycles. The second-order valence-corrected chi connectivity index (χ2v) is 7.55. The Bertz CT molecular complexity index is 1080. The van der Waals surface area contributed by atoms with Gasteiger partial charge in [-0.1, -0.05) is 102 Å². The van der Waals surface area contributed by atoms with Crippen LogP contribution >= 0.6 is 0 Å². The van der Waals surface area contributed by atoms with E-state index < -0.39 is 11.6 Å². The average molecular weight is 367 g/mol. The number of aliphatic hydroxyl groups is 1. The van der Waals surface area contributed by atoms with Gasteiger partial charge in [0.15, 0.2) is 0 Å². The predicted molar refractivity (Wildman–Crippen MR) is 116 cm³/mol. The van der Waals surface area contributed by atoms with Crippen molar-refractivity contribution in [2.24, 2.45) is 5.73 Å². The molecule has 0 fully saturated rings. The molecule has 0 unspecified atom stereocenters. The summed E-state index contributed by atoms with van der Waals surface area (Å²) >= 11 is 0. The van der Waals surface area contributed by atoms with Gasteiger partial charge < -0.3 is 10.8 Å². The molecule has 0 aliphatic carbocycles. The summed E-state index contributed by atoms with van der Waals surface area (Å²) in [6.45, 7) is 4.06. The van der Waals surface area contributed by atoms with Gasteiger partial charge in [0.2, 0.25) is 0 Å². The van der Waals surface area contributed by atoms with E-state index in [4.69, 9.17) is 5.73 Å². The van der Waals surface area contributed by atoms with Gasteiger partial charge in [0, 0.05) is 0 Å². The lowest BCUT2D eigenvalue weighted by molar-refractivity contribution is 0.0516. The minimum Gasteiger partial charge on any atom is -0.378 e. The van der Waals surface area contributed by atoms with Crippen molar-refractivity contribution in [1.29, 1.82) is 0 Å². The summed E-state index contributed by atoms with van der Waals surface area (Å²) in [7, 11) is 0. The van der Waals surface area contributed by atoms with Crippen molar-refractivity contribution in [3.05, 3.63) is 119 Å². The van der Waals surface area contributed by atoms with Crippen molar-refractivity contribution in [3.8, 4) is 0 Å². The number of hydrogen-bond acceptors (Lipinski definition) is 2. The summed E-state index contributed by atoms with van der Waals surface area (Å²) in [5.41, 5.74) is 10.2. The number of rotatable bonds is 4. The minimum atomic E-state index is -1.35. The van der Waals surface area contributed by atoms with Gasteiger partial charge in [-0.3, -0.25) is 0 Å². The molecule has 0 aliphatic rings. The van der Waals surface area contributed by atoms with Crippen molar-refractivity contribution in [3.63, 3.8) is 0 Å². The smallest absolute Gasteiger partial charge is 0.134 e. The van der Waals surface area contributed by atoms with E-state index in [2.05, 4.69) is 18.2 Å². The molecule has 0 aliphatic heterocycles. The van der Waals surface area contributed by atoms with Gasteiger partial charge in [0.05, 0.1) is 6.04 Å². The van der Waals surface area contributed by atoms with Crippen LogP contribution in [0, 0.1) is 13.8 Å². The van der Waals surface area contributed by atoms with Crippen LogP contribution in [0.25, 0.3) is 10.8 Å². The minimum absolute atomic E-state index is 0.623. The first kappa shape index (κ1) is 18.4. The number of aryl methyl sites for hydroxylation is 2. The van der Waals surface area contributed by atoms with Crippen LogP contribution < -0.4 is 5.73 Å². The third-order valence-corrected chi connectivity index (χ3v) is 5.52. The molecule has 1 atom stereocenters. The molecule has 140 valence electrons. The zero-order valence-corrected chi connectivity index (χ0v) is 16.3. The fraction of sp³-hybridized carbons (Fsp3) is 0.154. The highest BCUT2D eigenvalue weighted by atomic mass is 16.3. The normalized spacial score (nSPS) is 12.9. The molecule has 0 saturated heterocycles. The van der Waals surface area contributed by atoms with Crippen LogP contribution in [0.4, 0.5) is 0 Å². The maximum absolute atomic E-state index is 12.2. The summed E-state index contributed by atoms with van der Waals surface area (Å²) < 4.78 is 0. The SMILES string of the molecule is Cc1cccc(C(O)(c2cccc(C)c2)[C@H](N)c2cccc3ccccc23)c1. The van der Waals surface area contributed by atoms with Gasteiger partial charge in [-0.2, -0.15) is 0 Å². The predicted octanol–water partition coefficient (Wildman–Crippen LogP) is 5.39. The lowest BCUT2D eigenvalue weighted by Crippen LogP contribution is -2.40. The monoisotopic (exact) mass is 367 g/mol. The van der Waals surface area contributed by atoms with Gasteiger partial charge in [-0.25, -0.2) is 0 Å². The van der Waals surface area contributed by atoms with Crippen molar-refractivity contribution in [2.75, 3.05) is 0 Å². The molecular formula is C26H25NO. The Morgan fingerprint density at radius 2 is 1.25 bits per heavy atom. The van der Waals surface area contributed by atoms with Crippen molar-refractivity contribution in [1.82, 2.24) is 0 Å². The summed E-state index contributed by atoms with van der Waals surface area (Å²) in [6.07, 6.45) is 0. The van der Waals surface area contributed by atoms with Crippen molar-refractivity contribution in [2.45, 2.75) is 25.5 Å². The van der Waals surface area contributed by atoms with E-state index >= 15 is 0 Å². The Morgan fingerprint density at radius 1 is 0.714 bits per heavy atom. The van der Waals surface area contributed by atoms with E-state index in [1.165, 1.54) is 0 Å². The van der Waals surface area contributed by atoms with Gasteiger partial charge in [0.1, 0.15) is 5.60 Å². The van der Waals surface area contributed by atoms with Crippen LogP contribution in [-0.4, -0.2) is 5.11 Å². The molecule has 0 bridgehead atoms. The maximum atomic E-state index is 12.2. The van der Waals surface area contributed by atoms with Gasteiger partial charge in [0.25, 0.3) is 0 Å². The van der Waals surface area contributed by atoms with Gasteiger partial charge in [-0.15, -0.1) is 0 Å². The van der Waals surface area contributed by atoms with E-state index in [0.29, 0.717) is 0 Å². The molecule has 3 N–H and O–H groups in total. The van der Waals surface area contributed by atoms with Crippen LogP contribution in [0.3, 0.4) is 0 Å². The number of hydrogen-bond donors (Lipinski definition) is 2. The Hall–Kier alpha value is -2.94. The van der Waals surface area contributed by atoms with E-state index in [-0.39, 0.29) is 0 Å². The van der Waals surface area contributed by atoms with Crippen LogP contribution in [0.5, 0.6) is 0 Å². The number of fused-ring (bicyclic) bond motifs is 1. The first-order chi connectivity index (χ1) is 13.5. The third-order valence-electron chi connectivity index (χ3n) is 5.52. The molecule has 28 heavy (non-hydrogen) atoms. The average Bonchev–Trinajstić information content (AvgIpc) is 2.72. The second kappa shape index (κ2) is 7.23. The molecule has 0 spiro atoms. The number of benzene rings is 4. The van der Waals surface area contributed by atoms with E-state index in [9.17, 15) is 5.11 Å². The van der Waals surface area contributed by atoms with Gasteiger partial charge >= 0.3 is 0 Å². The molecule has 4 aromatic rings. The highest BCUT2D eigenvalue weighted by molar-refractivity contribution is 5.86.